The molecule has 2 rings (SSSR count). The fraction of sp³-hybridized carbons (Fsp3) is 0.500. The van der Waals surface area contributed by atoms with Crippen LogP contribution >= 0.6 is 15.9 Å². The van der Waals surface area contributed by atoms with Crippen molar-refractivity contribution < 1.29 is 5.11 Å². The molecule has 4 heteroatoms. The molecule has 1 heterocycles. The summed E-state index contributed by atoms with van der Waals surface area (Å²) in [5.74, 6) is 0.432. The predicted octanol–water partition coefficient (Wildman–Crippen LogP) is 1.87. The zero-order chi connectivity index (χ0) is 11.5. The third-order valence-electron chi connectivity index (χ3n) is 2.95. The summed E-state index contributed by atoms with van der Waals surface area (Å²) in [4.78, 5) is 2.36. The average molecular weight is 285 g/mol. The molecule has 2 N–H and O–H groups in total. The molecule has 3 nitrogen and oxygen atoms in total. The Morgan fingerprint density at radius 1 is 1.38 bits per heavy atom. The van der Waals surface area contributed by atoms with Crippen LogP contribution < -0.4 is 5.32 Å². The number of phenolic OH excluding ortho intramolecular Hbond substituents is 1. The summed E-state index contributed by atoms with van der Waals surface area (Å²) < 4.78 is 1.04. The highest BCUT2D eigenvalue weighted by molar-refractivity contribution is 9.10. The molecular weight excluding hydrogens is 268 g/mol. The first kappa shape index (κ1) is 11.9. The van der Waals surface area contributed by atoms with Gasteiger partial charge in [-0.1, -0.05) is 15.9 Å². The Hall–Kier alpha value is -0.580. The zero-order valence-electron chi connectivity index (χ0n) is 9.46. The molecule has 0 amide bonds. The Labute approximate surface area is 105 Å². The number of hydrogen-bond acceptors (Lipinski definition) is 3. The van der Waals surface area contributed by atoms with Crippen molar-refractivity contribution in [3.8, 4) is 5.75 Å². The SMILES string of the molecule is Cc1cc(Br)cc(CN2CCNCC2)c1O. The quantitative estimate of drug-likeness (QED) is 0.870. The molecule has 1 saturated heterocycles. The molecule has 1 aliphatic heterocycles. The second-order valence-corrected chi connectivity index (χ2v) is 5.17. The van der Waals surface area contributed by atoms with Gasteiger partial charge in [0.05, 0.1) is 0 Å². The van der Waals surface area contributed by atoms with Gasteiger partial charge in [0.1, 0.15) is 5.75 Å². The largest absolute Gasteiger partial charge is 0.507 e. The summed E-state index contributed by atoms with van der Waals surface area (Å²) in [5.41, 5.74) is 1.94. The molecular formula is C12H17BrN2O. The van der Waals surface area contributed by atoms with Crippen LogP contribution in [0.1, 0.15) is 11.1 Å². The van der Waals surface area contributed by atoms with Crippen molar-refractivity contribution >= 4 is 15.9 Å². The van der Waals surface area contributed by atoms with Crippen LogP contribution in [0.3, 0.4) is 0 Å². The van der Waals surface area contributed by atoms with Crippen LogP contribution in [0.15, 0.2) is 16.6 Å². The Bertz CT molecular complexity index is 376. The second kappa shape index (κ2) is 5.17. The molecule has 0 bridgehead atoms. The summed E-state index contributed by atoms with van der Waals surface area (Å²) >= 11 is 3.47. The van der Waals surface area contributed by atoms with Gasteiger partial charge in [-0.3, -0.25) is 4.90 Å². The number of rotatable bonds is 2. The fourth-order valence-electron chi connectivity index (χ4n) is 2.04. The highest BCUT2D eigenvalue weighted by atomic mass is 79.9. The van der Waals surface area contributed by atoms with Crippen LogP contribution in [0.25, 0.3) is 0 Å². The first-order chi connectivity index (χ1) is 7.66. The number of aryl methyl sites for hydroxylation is 1. The summed E-state index contributed by atoms with van der Waals surface area (Å²) in [5, 5.41) is 13.3. The summed E-state index contributed by atoms with van der Waals surface area (Å²) in [6.07, 6.45) is 0. The third kappa shape index (κ3) is 2.75. The molecule has 16 heavy (non-hydrogen) atoms. The van der Waals surface area contributed by atoms with Crippen molar-refractivity contribution in [3.05, 3.63) is 27.7 Å². The van der Waals surface area contributed by atoms with E-state index in [2.05, 4.69) is 26.1 Å². The predicted molar refractivity (Wildman–Crippen MR) is 68.7 cm³/mol. The van der Waals surface area contributed by atoms with Gasteiger partial charge in [0.25, 0.3) is 0 Å². The van der Waals surface area contributed by atoms with Gasteiger partial charge in [-0.15, -0.1) is 0 Å². The van der Waals surface area contributed by atoms with Crippen LogP contribution in [0, 0.1) is 6.92 Å². The molecule has 0 aliphatic carbocycles. The van der Waals surface area contributed by atoms with Gasteiger partial charge in [-0.2, -0.15) is 0 Å². The molecule has 1 aromatic carbocycles. The number of benzene rings is 1. The smallest absolute Gasteiger partial charge is 0.123 e. The fourth-order valence-corrected chi connectivity index (χ4v) is 2.66. The van der Waals surface area contributed by atoms with E-state index in [4.69, 9.17) is 0 Å². The number of aromatic hydroxyl groups is 1. The maximum Gasteiger partial charge on any atom is 0.123 e. The van der Waals surface area contributed by atoms with Gasteiger partial charge in [-0.25, -0.2) is 0 Å². The first-order valence-corrected chi connectivity index (χ1v) is 6.37. The lowest BCUT2D eigenvalue weighted by molar-refractivity contribution is 0.230. The molecule has 0 radical (unpaired) electrons. The lowest BCUT2D eigenvalue weighted by Gasteiger charge is -2.27. The summed E-state index contributed by atoms with van der Waals surface area (Å²) in [6, 6.07) is 3.95. The highest BCUT2D eigenvalue weighted by Crippen LogP contribution is 2.27. The van der Waals surface area contributed by atoms with Crippen molar-refractivity contribution in [1.82, 2.24) is 10.2 Å². The van der Waals surface area contributed by atoms with Gasteiger partial charge in [0.15, 0.2) is 0 Å². The number of halogens is 1. The molecule has 0 unspecified atom stereocenters. The second-order valence-electron chi connectivity index (χ2n) is 4.26. The minimum atomic E-state index is 0.432. The van der Waals surface area contributed by atoms with Crippen LogP contribution in [-0.2, 0) is 6.54 Å². The van der Waals surface area contributed by atoms with E-state index in [-0.39, 0.29) is 0 Å². The van der Waals surface area contributed by atoms with E-state index in [9.17, 15) is 5.11 Å². The van der Waals surface area contributed by atoms with E-state index in [1.54, 1.807) is 0 Å². The molecule has 0 atom stereocenters. The Balaban J connectivity index is 2.13. The average Bonchev–Trinajstić information content (AvgIpc) is 2.27. The van der Waals surface area contributed by atoms with Crippen molar-refractivity contribution in [1.29, 1.82) is 0 Å². The highest BCUT2D eigenvalue weighted by Gasteiger charge is 2.13. The maximum absolute atomic E-state index is 9.99. The molecule has 1 aliphatic rings. The molecule has 88 valence electrons. The molecule has 0 aromatic heterocycles. The van der Waals surface area contributed by atoms with E-state index in [1.807, 2.05) is 19.1 Å². The monoisotopic (exact) mass is 284 g/mol. The van der Waals surface area contributed by atoms with Crippen LogP contribution in [0.4, 0.5) is 0 Å². The molecule has 1 fully saturated rings. The zero-order valence-corrected chi connectivity index (χ0v) is 11.0. The van der Waals surface area contributed by atoms with E-state index in [0.717, 1.165) is 48.3 Å². The topological polar surface area (TPSA) is 35.5 Å². The van der Waals surface area contributed by atoms with E-state index in [1.165, 1.54) is 0 Å². The number of nitrogens with one attached hydrogen (secondary N) is 1. The lowest BCUT2D eigenvalue weighted by Crippen LogP contribution is -2.42. The maximum atomic E-state index is 9.99. The number of hydrogen-bond donors (Lipinski definition) is 2. The normalized spacial score (nSPS) is 17.6. The van der Waals surface area contributed by atoms with E-state index in [0.29, 0.717) is 5.75 Å². The van der Waals surface area contributed by atoms with Gasteiger partial charge < -0.3 is 10.4 Å². The molecule has 1 aromatic rings. The van der Waals surface area contributed by atoms with Gasteiger partial charge in [-0.05, 0) is 24.6 Å². The van der Waals surface area contributed by atoms with Gasteiger partial charge >= 0.3 is 0 Å². The van der Waals surface area contributed by atoms with Gasteiger partial charge in [0, 0.05) is 42.8 Å². The van der Waals surface area contributed by atoms with Crippen LogP contribution in [0.2, 0.25) is 0 Å². The number of phenols is 1. The number of piperazine rings is 1. The number of nitrogens with zero attached hydrogens (tertiary/aromatic N) is 1. The van der Waals surface area contributed by atoms with Gasteiger partial charge in [0.2, 0.25) is 0 Å². The minimum absolute atomic E-state index is 0.432. The first-order valence-electron chi connectivity index (χ1n) is 5.58. The third-order valence-corrected chi connectivity index (χ3v) is 3.41. The Morgan fingerprint density at radius 3 is 2.75 bits per heavy atom. The van der Waals surface area contributed by atoms with Crippen molar-refractivity contribution in [2.75, 3.05) is 26.2 Å². The summed E-state index contributed by atoms with van der Waals surface area (Å²) in [6.45, 7) is 6.92. The van der Waals surface area contributed by atoms with Crippen LogP contribution in [0.5, 0.6) is 5.75 Å². The summed E-state index contributed by atoms with van der Waals surface area (Å²) in [7, 11) is 0. The molecule has 0 spiro atoms. The van der Waals surface area contributed by atoms with Crippen molar-refractivity contribution in [2.45, 2.75) is 13.5 Å². The Morgan fingerprint density at radius 2 is 2.06 bits per heavy atom. The van der Waals surface area contributed by atoms with E-state index < -0.39 is 0 Å². The standard InChI is InChI=1S/C12H17BrN2O/c1-9-6-11(13)7-10(12(9)16)8-15-4-2-14-3-5-15/h6-7,14,16H,2-5,8H2,1H3. The Kier molecular flexibility index (Phi) is 3.84. The van der Waals surface area contributed by atoms with Crippen molar-refractivity contribution in [2.24, 2.45) is 0 Å². The van der Waals surface area contributed by atoms with Crippen molar-refractivity contribution in [3.63, 3.8) is 0 Å². The lowest BCUT2D eigenvalue weighted by atomic mass is 10.1. The minimum Gasteiger partial charge on any atom is -0.507 e. The molecule has 0 saturated carbocycles. The van der Waals surface area contributed by atoms with E-state index >= 15 is 0 Å². The van der Waals surface area contributed by atoms with Crippen LogP contribution in [-0.4, -0.2) is 36.2 Å².